The van der Waals surface area contributed by atoms with Crippen molar-refractivity contribution in [3.05, 3.63) is 23.3 Å². The van der Waals surface area contributed by atoms with Gasteiger partial charge >= 0.3 is 0 Å². The van der Waals surface area contributed by atoms with Gasteiger partial charge in [-0.2, -0.15) is 0 Å². The molecule has 0 aromatic heterocycles. The minimum Gasteiger partial charge on any atom is -0.367 e. The molecule has 0 rings (SSSR count). The number of ether oxygens (including phenoxy) is 1. The molecule has 0 heterocycles. The van der Waals surface area contributed by atoms with Crippen molar-refractivity contribution in [2.45, 2.75) is 52.7 Å². The molecule has 0 aliphatic heterocycles. The Bertz CT molecular complexity index is 223. The molecule has 0 aliphatic rings. The molecule has 82 valence electrons. The molecule has 1 nitrogen and oxygen atoms in total. The average molecular weight is 217 g/mol. The Labute approximate surface area is 92.8 Å². The molecule has 0 amide bonds. The molecule has 0 radical (unpaired) electrons. The molecule has 1 unspecified atom stereocenters. The van der Waals surface area contributed by atoms with E-state index in [2.05, 4.69) is 6.58 Å². The molecule has 14 heavy (non-hydrogen) atoms. The topological polar surface area (TPSA) is 9.23 Å². The SMILES string of the molecule is C=C(C)CC(OC(C)(C)C)/C(Cl)=C\C. The summed E-state index contributed by atoms with van der Waals surface area (Å²) < 4.78 is 5.84. The van der Waals surface area contributed by atoms with Gasteiger partial charge in [0.2, 0.25) is 0 Å². The maximum atomic E-state index is 6.08. The summed E-state index contributed by atoms with van der Waals surface area (Å²) >= 11 is 6.08. The summed E-state index contributed by atoms with van der Waals surface area (Å²) in [7, 11) is 0. The first-order valence-corrected chi connectivity index (χ1v) is 5.28. The molecule has 0 spiro atoms. The zero-order valence-electron chi connectivity index (χ0n) is 9.86. The van der Waals surface area contributed by atoms with Gasteiger partial charge < -0.3 is 4.74 Å². The molecule has 0 saturated carbocycles. The van der Waals surface area contributed by atoms with E-state index in [0.29, 0.717) is 0 Å². The highest BCUT2D eigenvalue weighted by Crippen LogP contribution is 2.23. The molecule has 2 heteroatoms. The fourth-order valence-electron chi connectivity index (χ4n) is 1.12. The maximum Gasteiger partial charge on any atom is 0.0970 e. The quantitative estimate of drug-likeness (QED) is 0.638. The highest BCUT2D eigenvalue weighted by atomic mass is 35.5. The lowest BCUT2D eigenvalue weighted by Gasteiger charge is -2.27. The van der Waals surface area contributed by atoms with Crippen molar-refractivity contribution in [1.82, 2.24) is 0 Å². The van der Waals surface area contributed by atoms with E-state index in [1.54, 1.807) is 0 Å². The zero-order chi connectivity index (χ0) is 11.4. The largest absolute Gasteiger partial charge is 0.367 e. The first-order valence-electron chi connectivity index (χ1n) is 4.90. The smallest absolute Gasteiger partial charge is 0.0970 e. The van der Waals surface area contributed by atoms with Crippen LogP contribution in [-0.2, 0) is 4.74 Å². The van der Waals surface area contributed by atoms with Gasteiger partial charge in [0.1, 0.15) is 0 Å². The molecule has 0 bridgehead atoms. The standard InChI is InChI=1S/C12H21ClO/c1-7-10(13)11(8-9(2)3)14-12(4,5)6/h7,11H,2,8H2,1,3-6H3/b10-7+. The maximum absolute atomic E-state index is 6.08. The summed E-state index contributed by atoms with van der Waals surface area (Å²) in [5.41, 5.74) is 0.905. The highest BCUT2D eigenvalue weighted by molar-refractivity contribution is 6.30. The fourth-order valence-corrected chi connectivity index (χ4v) is 1.25. The summed E-state index contributed by atoms with van der Waals surface area (Å²) in [5, 5.41) is 0.753. The lowest BCUT2D eigenvalue weighted by atomic mass is 10.1. The van der Waals surface area contributed by atoms with Gasteiger partial charge in [0.05, 0.1) is 11.7 Å². The van der Waals surface area contributed by atoms with Crippen LogP contribution in [0.2, 0.25) is 0 Å². The first kappa shape index (κ1) is 13.7. The van der Waals surface area contributed by atoms with Gasteiger partial charge in [-0.3, -0.25) is 0 Å². The number of hydrogen-bond acceptors (Lipinski definition) is 1. The minimum atomic E-state index is -0.177. The summed E-state index contributed by atoms with van der Waals surface area (Å²) in [6.07, 6.45) is 2.60. The van der Waals surface area contributed by atoms with E-state index in [9.17, 15) is 0 Å². The Balaban J connectivity index is 4.49. The van der Waals surface area contributed by atoms with Crippen LogP contribution >= 0.6 is 11.6 Å². The Hall–Kier alpha value is -0.270. The summed E-state index contributed by atoms with van der Waals surface area (Å²) in [5.74, 6) is 0. The molecular weight excluding hydrogens is 196 g/mol. The van der Waals surface area contributed by atoms with Gasteiger partial charge in [0, 0.05) is 5.03 Å². The van der Waals surface area contributed by atoms with Crippen molar-refractivity contribution in [3.8, 4) is 0 Å². The number of rotatable bonds is 4. The molecule has 1 atom stereocenters. The molecule has 0 aliphatic carbocycles. The van der Waals surface area contributed by atoms with Crippen LogP contribution in [0.4, 0.5) is 0 Å². The monoisotopic (exact) mass is 216 g/mol. The lowest BCUT2D eigenvalue weighted by molar-refractivity contribution is -0.0393. The van der Waals surface area contributed by atoms with Crippen LogP contribution < -0.4 is 0 Å². The van der Waals surface area contributed by atoms with Gasteiger partial charge in [-0.25, -0.2) is 0 Å². The molecule has 0 aromatic rings. The third-order valence-electron chi connectivity index (χ3n) is 1.61. The molecule has 0 saturated heterocycles. The van der Waals surface area contributed by atoms with Crippen LogP contribution in [0.15, 0.2) is 23.3 Å². The number of allylic oxidation sites excluding steroid dienone is 1. The van der Waals surface area contributed by atoms with Crippen molar-refractivity contribution in [1.29, 1.82) is 0 Å². The van der Waals surface area contributed by atoms with Gasteiger partial charge in [-0.15, -0.1) is 6.58 Å². The number of halogens is 1. The summed E-state index contributed by atoms with van der Waals surface area (Å²) in [6, 6.07) is 0. The average Bonchev–Trinajstić information content (AvgIpc) is 1.98. The van der Waals surface area contributed by atoms with Crippen molar-refractivity contribution in [2.24, 2.45) is 0 Å². The highest BCUT2D eigenvalue weighted by Gasteiger charge is 2.20. The van der Waals surface area contributed by atoms with E-state index in [1.807, 2.05) is 40.7 Å². The Kier molecular flexibility index (Phi) is 5.46. The van der Waals surface area contributed by atoms with Crippen molar-refractivity contribution in [3.63, 3.8) is 0 Å². The van der Waals surface area contributed by atoms with Crippen molar-refractivity contribution < 1.29 is 4.74 Å². The second-order valence-corrected chi connectivity index (χ2v) is 4.99. The van der Waals surface area contributed by atoms with Gasteiger partial charge in [-0.05, 0) is 41.0 Å². The van der Waals surface area contributed by atoms with E-state index in [0.717, 1.165) is 17.0 Å². The van der Waals surface area contributed by atoms with Crippen molar-refractivity contribution in [2.75, 3.05) is 0 Å². The molecule has 0 N–H and O–H groups in total. The van der Waals surface area contributed by atoms with Crippen LogP contribution in [-0.4, -0.2) is 11.7 Å². The Morgan fingerprint density at radius 1 is 1.50 bits per heavy atom. The summed E-state index contributed by atoms with van der Waals surface area (Å²) in [4.78, 5) is 0. The van der Waals surface area contributed by atoms with Crippen molar-refractivity contribution >= 4 is 11.6 Å². The van der Waals surface area contributed by atoms with Crippen LogP contribution in [0.1, 0.15) is 41.0 Å². The Morgan fingerprint density at radius 3 is 2.29 bits per heavy atom. The summed E-state index contributed by atoms with van der Waals surface area (Å²) in [6.45, 7) is 13.9. The predicted octanol–water partition coefficient (Wildman–Crippen LogP) is 4.28. The van der Waals surface area contributed by atoms with Crippen LogP contribution in [0.5, 0.6) is 0 Å². The normalized spacial score (nSPS) is 15.4. The first-order chi connectivity index (χ1) is 6.26. The second kappa shape index (κ2) is 5.57. The third kappa shape index (κ3) is 6.22. The molecular formula is C12H21ClO. The molecule has 0 fully saturated rings. The van der Waals surface area contributed by atoms with Crippen LogP contribution in [0.3, 0.4) is 0 Å². The van der Waals surface area contributed by atoms with Gasteiger partial charge in [0.15, 0.2) is 0 Å². The van der Waals surface area contributed by atoms with E-state index in [4.69, 9.17) is 16.3 Å². The van der Waals surface area contributed by atoms with E-state index < -0.39 is 0 Å². The number of hydrogen-bond donors (Lipinski definition) is 0. The van der Waals surface area contributed by atoms with Gasteiger partial charge in [-0.1, -0.05) is 23.3 Å². The third-order valence-corrected chi connectivity index (χ3v) is 2.07. The second-order valence-electron chi connectivity index (χ2n) is 4.55. The minimum absolute atomic E-state index is 0.0563. The van der Waals surface area contributed by atoms with E-state index in [-0.39, 0.29) is 11.7 Å². The van der Waals surface area contributed by atoms with Crippen LogP contribution in [0, 0.1) is 0 Å². The fraction of sp³-hybridized carbons (Fsp3) is 0.667. The van der Waals surface area contributed by atoms with E-state index in [1.165, 1.54) is 0 Å². The zero-order valence-corrected chi connectivity index (χ0v) is 10.6. The molecule has 0 aromatic carbocycles. The van der Waals surface area contributed by atoms with Crippen LogP contribution in [0.25, 0.3) is 0 Å². The Morgan fingerprint density at radius 2 is 2.00 bits per heavy atom. The lowest BCUT2D eigenvalue weighted by Crippen LogP contribution is -2.27. The predicted molar refractivity (Wildman–Crippen MR) is 63.7 cm³/mol. The van der Waals surface area contributed by atoms with E-state index >= 15 is 0 Å². The van der Waals surface area contributed by atoms with Gasteiger partial charge in [0.25, 0.3) is 0 Å².